The number of hydrogen-bond donors (Lipinski definition) is 8. The normalized spacial score (nSPS) is 11.2. The van der Waals surface area contributed by atoms with E-state index in [1.165, 1.54) is 31.0 Å². The zero-order valence-electron chi connectivity index (χ0n) is 30.2. The van der Waals surface area contributed by atoms with E-state index in [-0.39, 0.29) is 55.0 Å². The lowest BCUT2D eigenvalue weighted by Gasteiger charge is -2.19. The van der Waals surface area contributed by atoms with Gasteiger partial charge in [0.05, 0.1) is 18.8 Å². The predicted molar refractivity (Wildman–Crippen MR) is 196 cm³/mol. The molecule has 304 valence electrons. The van der Waals surface area contributed by atoms with Crippen molar-refractivity contribution in [1.82, 2.24) is 45.9 Å². The molecule has 3 aromatic heterocycles. The predicted octanol–water partition coefficient (Wildman–Crippen LogP) is -1.81. The molecule has 0 fully saturated rings. The number of nitrogens with one attached hydrogen (secondary N) is 6. The first-order chi connectivity index (χ1) is 25.3. The number of rotatable bonds is 14. The number of carbonyl (C=O) groups is 4. The van der Waals surface area contributed by atoms with Crippen molar-refractivity contribution < 1.29 is 54.3 Å². The molecule has 55 heavy (non-hydrogen) atoms. The van der Waals surface area contributed by atoms with Crippen LogP contribution >= 0.6 is 0 Å². The number of sulfonamides is 3. The quantitative estimate of drug-likeness (QED) is 0.0829. The van der Waals surface area contributed by atoms with Crippen LogP contribution < -0.4 is 35.9 Å². The van der Waals surface area contributed by atoms with Gasteiger partial charge < -0.3 is 31.5 Å². The number of nitrogens with zero attached hydrogens (tertiary/aromatic N) is 6. The largest absolute Gasteiger partial charge is 0.476 e. The van der Waals surface area contributed by atoms with E-state index in [0.29, 0.717) is 0 Å². The Morgan fingerprint density at radius 1 is 0.600 bits per heavy atom. The molecule has 0 aliphatic rings. The smallest absolute Gasteiger partial charge is 0.407 e. The number of amides is 3. The Morgan fingerprint density at radius 3 is 1.27 bits per heavy atom. The van der Waals surface area contributed by atoms with E-state index in [0.717, 1.165) is 25.0 Å². The van der Waals surface area contributed by atoms with Gasteiger partial charge in [0, 0.05) is 63.4 Å². The summed E-state index contributed by atoms with van der Waals surface area (Å²) in [5, 5.41) is 16.1. The number of carboxylic acids is 1. The number of ether oxygens (including phenoxy) is 1. The highest BCUT2D eigenvalue weighted by Crippen LogP contribution is 2.11. The van der Waals surface area contributed by atoms with Crippen molar-refractivity contribution in [3.63, 3.8) is 0 Å². The molecular weight excluding hydrogens is 795 g/mol. The second-order valence-electron chi connectivity index (χ2n) is 11.4. The van der Waals surface area contributed by atoms with Crippen molar-refractivity contribution >= 4 is 71.4 Å². The fourth-order valence-corrected chi connectivity index (χ4v) is 4.76. The fraction of sp³-hybridized carbons (Fsp3) is 0.407. The molecular formula is C27H41N13O12S3. The lowest BCUT2D eigenvalue weighted by atomic mass is 10.2. The second-order valence-corrected chi connectivity index (χ2v) is 16.7. The van der Waals surface area contributed by atoms with Gasteiger partial charge >= 0.3 is 12.1 Å². The number of carboxylic acid groups (broad SMARTS) is 1. The third-order valence-electron chi connectivity index (χ3n) is 5.08. The Bertz CT molecular complexity index is 2130. The molecule has 9 N–H and O–H groups in total. The van der Waals surface area contributed by atoms with Gasteiger partial charge in [-0.1, -0.05) is 0 Å². The lowest BCUT2D eigenvalue weighted by molar-refractivity contribution is 0.0525. The molecule has 0 unspecified atom stereocenters. The van der Waals surface area contributed by atoms with Gasteiger partial charge in [0.2, 0.25) is 30.1 Å². The molecule has 0 aliphatic heterocycles. The van der Waals surface area contributed by atoms with E-state index in [1.54, 1.807) is 20.8 Å². The van der Waals surface area contributed by atoms with Crippen LogP contribution in [0.25, 0.3) is 0 Å². The maximum absolute atomic E-state index is 12.0. The molecule has 0 radical (unpaired) electrons. The summed E-state index contributed by atoms with van der Waals surface area (Å²) in [4.78, 5) is 67.8. The van der Waals surface area contributed by atoms with Crippen LogP contribution in [0.2, 0.25) is 0 Å². The summed E-state index contributed by atoms with van der Waals surface area (Å²) >= 11 is 0. The van der Waals surface area contributed by atoms with Crippen molar-refractivity contribution in [3.8, 4) is 0 Å². The van der Waals surface area contributed by atoms with E-state index in [9.17, 15) is 44.4 Å². The summed E-state index contributed by atoms with van der Waals surface area (Å²) in [6.07, 6.45) is 9.66. The summed E-state index contributed by atoms with van der Waals surface area (Å²) in [7, 11) is -10.7. The van der Waals surface area contributed by atoms with Gasteiger partial charge in [-0.25, -0.2) is 64.7 Å². The zero-order valence-corrected chi connectivity index (χ0v) is 32.7. The van der Waals surface area contributed by atoms with Crippen molar-refractivity contribution in [3.05, 3.63) is 54.3 Å². The fourth-order valence-electron chi connectivity index (χ4n) is 3.26. The number of aromatic nitrogens is 6. The highest BCUT2D eigenvalue weighted by atomic mass is 32.2. The molecule has 0 saturated carbocycles. The number of hydrogen-bond acceptors (Lipinski definition) is 18. The van der Waals surface area contributed by atoms with E-state index in [4.69, 9.17) is 15.6 Å². The van der Waals surface area contributed by atoms with Crippen LogP contribution in [0.4, 0.5) is 22.2 Å². The van der Waals surface area contributed by atoms with Gasteiger partial charge in [-0.05, 0) is 20.8 Å². The van der Waals surface area contributed by atoms with Crippen LogP contribution in [-0.2, 0) is 34.8 Å². The van der Waals surface area contributed by atoms with Gasteiger partial charge in [-0.3, -0.25) is 23.8 Å². The minimum atomic E-state index is -3.59. The summed E-state index contributed by atoms with van der Waals surface area (Å²) in [6.45, 7) is 5.99. The summed E-state index contributed by atoms with van der Waals surface area (Å²) in [5.74, 6) is -3.07. The third kappa shape index (κ3) is 20.8. The maximum Gasteiger partial charge on any atom is 0.407 e. The molecule has 3 heterocycles. The Balaban J connectivity index is 0.000000430. The first-order valence-corrected chi connectivity index (χ1v) is 20.8. The summed E-state index contributed by atoms with van der Waals surface area (Å²) in [6, 6.07) is 0. The van der Waals surface area contributed by atoms with Gasteiger partial charge in [0.25, 0.3) is 11.8 Å². The molecule has 0 aliphatic carbocycles. The molecule has 0 saturated heterocycles. The lowest BCUT2D eigenvalue weighted by Crippen LogP contribution is -2.38. The van der Waals surface area contributed by atoms with Crippen molar-refractivity contribution in [2.75, 3.05) is 59.1 Å². The Kier molecular flexibility index (Phi) is 18.1. The number of anilines is 3. The molecule has 0 aromatic carbocycles. The second kappa shape index (κ2) is 21.1. The molecule has 28 heteroatoms. The summed E-state index contributed by atoms with van der Waals surface area (Å²) in [5.41, 5.74) is 3.93. The van der Waals surface area contributed by atoms with Crippen molar-refractivity contribution in [1.29, 1.82) is 0 Å². The molecule has 3 amide bonds. The van der Waals surface area contributed by atoms with Crippen LogP contribution in [0.3, 0.4) is 0 Å². The van der Waals surface area contributed by atoms with Crippen molar-refractivity contribution in [2.45, 2.75) is 26.4 Å². The monoisotopic (exact) mass is 835 g/mol. The molecule has 3 rings (SSSR count). The first kappa shape index (κ1) is 47.2. The number of nitrogens with two attached hydrogens (primary N) is 1. The third-order valence-corrected chi connectivity index (χ3v) is 6.77. The number of aromatic carboxylic acids is 1. The Labute approximate surface area is 316 Å². The highest BCUT2D eigenvalue weighted by molar-refractivity contribution is 7.92. The average Bonchev–Trinajstić information content (AvgIpc) is 3.04. The zero-order chi connectivity index (χ0) is 42.0. The standard InChI is InChI=1S/C13H21N5O5S.C8H13N5O3S.C6H7N3O4S/c1-13(2,3)23-12(20)17-8-7-16-11(19)9-10(15-6-5-14-9)18-24(4,21)22;1-17(15,16)13-7-6(10-4-5-11-7)8(14)12-3-2-9;1-14(12,13)9-5-4(6(10)11)7-2-3-8-5/h5-6H,7-8H2,1-4H3,(H,15,18)(H,16,19)(H,17,20);4-5H,2-3,9H2,1H3,(H,11,13)(H,12,14);2-3H,1H3,(H,8,9)(H,10,11). The minimum Gasteiger partial charge on any atom is -0.476 e. The van der Waals surface area contributed by atoms with Crippen molar-refractivity contribution in [2.24, 2.45) is 5.73 Å². The minimum absolute atomic E-state index is 0.0913. The van der Waals surface area contributed by atoms with E-state index in [1.807, 2.05) is 4.72 Å². The Hall–Kier alpha value is -5.87. The Morgan fingerprint density at radius 2 is 0.927 bits per heavy atom. The van der Waals surface area contributed by atoms with Crippen LogP contribution in [0.5, 0.6) is 0 Å². The molecule has 0 spiro atoms. The van der Waals surface area contributed by atoms with E-state index < -0.39 is 65.2 Å². The van der Waals surface area contributed by atoms with Crippen LogP contribution in [0.15, 0.2) is 37.2 Å². The molecule has 25 nitrogen and oxygen atoms in total. The SMILES string of the molecule is CC(C)(C)OC(=O)NCCNC(=O)c1nccnc1NS(C)(=O)=O.CS(=O)(=O)Nc1nccnc1C(=O)NCCN.CS(=O)(=O)Nc1nccnc1C(=O)O. The summed E-state index contributed by atoms with van der Waals surface area (Å²) < 4.78 is 77.4. The number of carbonyl (C=O) groups excluding carboxylic acids is 3. The van der Waals surface area contributed by atoms with E-state index >= 15 is 0 Å². The first-order valence-electron chi connectivity index (χ1n) is 15.1. The maximum atomic E-state index is 12.0. The van der Waals surface area contributed by atoms with Gasteiger partial charge in [-0.15, -0.1) is 0 Å². The molecule has 3 aromatic rings. The van der Waals surface area contributed by atoms with Crippen LogP contribution in [0, 0.1) is 0 Å². The van der Waals surface area contributed by atoms with Gasteiger partial charge in [0.15, 0.2) is 34.5 Å². The van der Waals surface area contributed by atoms with Crippen LogP contribution in [0.1, 0.15) is 52.2 Å². The number of alkyl carbamates (subject to hydrolysis) is 1. The van der Waals surface area contributed by atoms with Crippen LogP contribution in [-0.4, -0.2) is 135 Å². The average molecular weight is 836 g/mol. The van der Waals surface area contributed by atoms with Gasteiger partial charge in [0.1, 0.15) is 5.60 Å². The molecule has 0 bridgehead atoms. The van der Waals surface area contributed by atoms with Gasteiger partial charge in [-0.2, -0.15) is 0 Å². The van der Waals surface area contributed by atoms with E-state index in [2.05, 4.69) is 55.3 Å². The topological polar surface area (TPSA) is 376 Å². The highest BCUT2D eigenvalue weighted by Gasteiger charge is 2.19. The molecule has 0 atom stereocenters.